The van der Waals surface area contributed by atoms with E-state index in [1.54, 1.807) is 0 Å². The average Bonchev–Trinajstić information content (AvgIpc) is 2.51. The molecule has 118 valence electrons. The molecule has 0 saturated carbocycles. The molecule has 1 saturated heterocycles. The van der Waals surface area contributed by atoms with E-state index in [1.807, 2.05) is 0 Å². The zero-order chi connectivity index (χ0) is 15.1. The van der Waals surface area contributed by atoms with Crippen molar-refractivity contribution in [2.24, 2.45) is 11.7 Å². The monoisotopic (exact) mass is 289 g/mol. The number of rotatable bonds is 7. The molecule has 3 nitrogen and oxygen atoms in total. The van der Waals surface area contributed by atoms with Gasteiger partial charge in [-0.25, -0.2) is 0 Å². The zero-order valence-electron chi connectivity index (χ0n) is 13.7. The lowest BCUT2D eigenvalue weighted by Crippen LogP contribution is -2.54. The van der Waals surface area contributed by atoms with Crippen LogP contribution in [0.2, 0.25) is 0 Å². The molecule has 1 aliphatic rings. The SMILES string of the molecule is CCCC(C)C(CN)N1CCN(Cc2ccccc2)CC1. The van der Waals surface area contributed by atoms with Crippen LogP contribution in [0.1, 0.15) is 32.3 Å². The summed E-state index contributed by atoms with van der Waals surface area (Å²) in [5.41, 5.74) is 7.46. The molecule has 0 spiro atoms. The van der Waals surface area contributed by atoms with Gasteiger partial charge in [-0.05, 0) is 17.9 Å². The first-order chi connectivity index (χ1) is 10.2. The van der Waals surface area contributed by atoms with Crippen LogP contribution in [0.5, 0.6) is 0 Å². The first kappa shape index (κ1) is 16.5. The highest BCUT2D eigenvalue weighted by atomic mass is 15.3. The lowest BCUT2D eigenvalue weighted by Gasteiger charge is -2.41. The Morgan fingerprint density at radius 1 is 1.10 bits per heavy atom. The van der Waals surface area contributed by atoms with Crippen molar-refractivity contribution in [2.75, 3.05) is 32.7 Å². The van der Waals surface area contributed by atoms with E-state index in [-0.39, 0.29) is 0 Å². The van der Waals surface area contributed by atoms with Crippen LogP contribution in [-0.4, -0.2) is 48.6 Å². The Labute approximate surface area is 130 Å². The molecular weight excluding hydrogens is 258 g/mol. The minimum absolute atomic E-state index is 0.559. The largest absolute Gasteiger partial charge is 0.329 e. The number of benzene rings is 1. The van der Waals surface area contributed by atoms with E-state index in [0.717, 1.165) is 39.3 Å². The highest BCUT2D eigenvalue weighted by Gasteiger charge is 2.26. The molecule has 1 aromatic rings. The van der Waals surface area contributed by atoms with Crippen LogP contribution in [0.15, 0.2) is 30.3 Å². The Morgan fingerprint density at radius 2 is 1.76 bits per heavy atom. The molecule has 0 aromatic heterocycles. The summed E-state index contributed by atoms with van der Waals surface area (Å²) in [6.45, 7) is 11.1. The summed E-state index contributed by atoms with van der Waals surface area (Å²) in [4.78, 5) is 5.17. The fourth-order valence-corrected chi connectivity index (χ4v) is 3.48. The second-order valence-corrected chi connectivity index (χ2v) is 6.37. The second kappa shape index (κ2) is 8.52. The van der Waals surface area contributed by atoms with Crippen molar-refractivity contribution in [1.29, 1.82) is 0 Å². The summed E-state index contributed by atoms with van der Waals surface area (Å²) < 4.78 is 0. The minimum Gasteiger partial charge on any atom is -0.329 e. The summed E-state index contributed by atoms with van der Waals surface area (Å²) in [6.07, 6.45) is 2.54. The minimum atomic E-state index is 0.559. The van der Waals surface area contributed by atoms with Crippen LogP contribution in [-0.2, 0) is 6.54 Å². The third-order valence-electron chi connectivity index (χ3n) is 4.77. The maximum Gasteiger partial charge on any atom is 0.0245 e. The molecule has 0 bridgehead atoms. The normalized spacial score (nSPS) is 20.3. The van der Waals surface area contributed by atoms with Gasteiger partial charge in [0.25, 0.3) is 0 Å². The highest BCUT2D eigenvalue weighted by molar-refractivity contribution is 5.14. The standard InChI is InChI=1S/C18H31N3/c1-3-7-16(2)18(14-19)21-12-10-20(11-13-21)15-17-8-5-4-6-9-17/h4-6,8-9,16,18H,3,7,10-15,19H2,1-2H3. The number of piperazine rings is 1. The van der Waals surface area contributed by atoms with E-state index < -0.39 is 0 Å². The number of hydrogen-bond donors (Lipinski definition) is 1. The van der Waals surface area contributed by atoms with Crippen molar-refractivity contribution in [1.82, 2.24) is 9.80 Å². The highest BCUT2D eigenvalue weighted by Crippen LogP contribution is 2.18. The maximum atomic E-state index is 6.04. The Hall–Kier alpha value is -0.900. The van der Waals surface area contributed by atoms with Crippen molar-refractivity contribution in [3.63, 3.8) is 0 Å². The zero-order valence-corrected chi connectivity index (χ0v) is 13.7. The fraction of sp³-hybridized carbons (Fsp3) is 0.667. The van der Waals surface area contributed by atoms with E-state index in [4.69, 9.17) is 5.73 Å². The van der Waals surface area contributed by atoms with Crippen LogP contribution >= 0.6 is 0 Å². The molecule has 0 amide bonds. The van der Waals surface area contributed by atoms with Gasteiger partial charge in [0, 0.05) is 45.3 Å². The topological polar surface area (TPSA) is 32.5 Å². The maximum absolute atomic E-state index is 6.04. The lowest BCUT2D eigenvalue weighted by atomic mass is 9.95. The molecule has 0 radical (unpaired) electrons. The Bertz CT molecular complexity index is 385. The van der Waals surface area contributed by atoms with Gasteiger partial charge in [0.15, 0.2) is 0 Å². The predicted octanol–water partition coefficient (Wildman–Crippen LogP) is 2.57. The second-order valence-electron chi connectivity index (χ2n) is 6.37. The van der Waals surface area contributed by atoms with Gasteiger partial charge in [0.2, 0.25) is 0 Å². The van der Waals surface area contributed by atoms with Crippen LogP contribution in [0.3, 0.4) is 0 Å². The van der Waals surface area contributed by atoms with Crippen molar-refractivity contribution in [3.8, 4) is 0 Å². The molecule has 1 heterocycles. The summed E-state index contributed by atoms with van der Waals surface area (Å²) in [5.74, 6) is 0.709. The number of nitrogens with two attached hydrogens (primary N) is 1. The van der Waals surface area contributed by atoms with Crippen molar-refractivity contribution in [2.45, 2.75) is 39.3 Å². The molecule has 2 rings (SSSR count). The number of hydrogen-bond acceptors (Lipinski definition) is 3. The molecule has 1 aromatic carbocycles. The van der Waals surface area contributed by atoms with Crippen LogP contribution < -0.4 is 5.73 Å². The van der Waals surface area contributed by atoms with Crippen LogP contribution in [0.25, 0.3) is 0 Å². The summed E-state index contributed by atoms with van der Waals surface area (Å²) in [6, 6.07) is 11.3. The lowest BCUT2D eigenvalue weighted by molar-refractivity contribution is 0.0706. The first-order valence-corrected chi connectivity index (χ1v) is 8.45. The average molecular weight is 289 g/mol. The van der Waals surface area contributed by atoms with Crippen LogP contribution in [0.4, 0.5) is 0 Å². The third kappa shape index (κ3) is 4.80. The summed E-state index contributed by atoms with van der Waals surface area (Å²) in [7, 11) is 0. The Balaban J connectivity index is 1.82. The van der Waals surface area contributed by atoms with Crippen molar-refractivity contribution < 1.29 is 0 Å². The van der Waals surface area contributed by atoms with Gasteiger partial charge < -0.3 is 5.73 Å². The van der Waals surface area contributed by atoms with Gasteiger partial charge in [-0.2, -0.15) is 0 Å². The molecule has 21 heavy (non-hydrogen) atoms. The smallest absolute Gasteiger partial charge is 0.0245 e. The molecule has 2 unspecified atom stereocenters. The predicted molar refractivity (Wildman–Crippen MR) is 90.2 cm³/mol. The van der Waals surface area contributed by atoms with E-state index in [0.29, 0.717) is 12.0 Å². The molecular formula is C18H31N3. The van der Waals surface area contributed by atoms with Crippen molar-refractivity contribution >= 4 is 0 Å². The van der Waals surface area contributed by atoms with Gasteiger partial charge in [0.1, 0.15) is 0 Å². The van der Waals surface area contributed by atoms with E-state index >= 15 is 0 Å². The molecule has 3 heteroatoms. The number of nitrogens with zero attached hydrogens (tertiary/aromatic N) is 2. The van der Waals surface area contributed by atoms with Crippen molar-refractivity contribution in [3.05, 3.63) is 35.9 Å². The Kier molecular flexibility index (Phi) is 6.68. The van der Waals surface area contributed by atoms with Gasteiger partial charge in [0.05, 0.1) is 0 Å². The first-order valence-electron chi connectivity index (χ1n) is 8.45. The summed E-state index contributed by atoms with van der Waals surface area (Å²) >= 11 is 0. The quantitative estimate of drug-likeness (QED) is 0.837. The van der Waals surface area contributed by atoms with E-state index in [1.165, 1.54) is 18.4 Å². The molecule has 1 fully saturated rings. The molecule has 2 N–H and O–H groups in total. The molecule has 2 atom stereocenters. The van der Waals surface area contributed by atoms with E-state index in [2.05, 4.69) is 54.0 Å². The Morgan fingerprint density at radius 3 is 2.33 bits per heavy atom. The molecule has 0 aliphatic carbocycles. The molecule has 1 aliphatic heterocycles. The third-order valence-corrected chi connectivity index (χ3v) is 4.77. The van der Waals surface area contributed by atoms with Gasteiger partial charge in [-0.1, -0.05) is 50.6 Å². The van der Waals surface area contributed by atoms with E-state index in [9.17, 15) is 0 Å². The van der Waals surface area contributed by atoms with Crippen LogP contribution in [0, 0.1) is 5.92 Å². The van der Waals surface area contributed by atoms with Gasteiger partial charge >= 0.3 is 0 Å². The summed E-state index contributed by atoms with van der Waals surface area (Å²) in [5, 5.41) is 0. The van der Waals surface area contributed by atoms with Gasteiger partial charge in [-0.3, -0.25) is 9.80 Å². The van der Waals surface area contributed by atoms with Gasteiger partial charge in [-0.15, -0.1) is 0 Å². The fourth-order valence-electron chi connectivity index (χ4n) is 3.48.